The molecule has 0 saturated carbocycles. The van der Waals surface area contributed by atoms with Gasteiger partial charge in [-0.1, -0.05) is 24.3 Å². The molecule has 1 N–H and O–H groups in total. The summed E-state index contributed by atoms with van der Waals surface area (Å²) in [5.41, 5.74) is 1.03. The topological polar surface area (TPSA) is 214 Å². The minimum Gasteiger partial charge on any atom is -0.466 e. The summed E-state index contributed by atoms with van der Waals surface area (Å²) in [6.45, 7) is 7.98. The molecule has 4 rings (SSSR count). The van der Waals surface area contributed by atoms with Crippen LogP contribution in [0.2, 0.25) is 0 Å². The molecule has 0 aliphatic rings. The van der Waals surface area contributed by atoms with Gasteiger partial charge in [0.15, 0.2) is 0 Å². The van der Waals surface area contributed by atoms with Gasteiger partial charge in [0.2, 0.25) is 0 Å². The van der Waals surface area contributed by atoms with Gasteiger partial charge < -0.3 is 14.8 Å². The first-order chi connectivity index (χ1) is 25.3. The zero-order valence-corrected chi connectivity index (χ0v) is 30.3. The number of carbonyl (C=O) groups is 4. The van der Waals surface area contributed by atoms with Crippen molar-refractivity contribution in [3.05, 3.63) is 128 Å². The fourth-order valence-electron chi connectivity index (χ4n) is 4.29. The summed E-state index contributed by atoms with van der Waals surface area (Å²) in [5.74, 6) is 0.0324. The number of aromatic nitrogens is 2. The lowest BCUT2D eigenvalue weighted by molar-refractivity contribution is -0.385. The highest BCUT2D eigenvalue weighted by molar-refractivity contribution is 6.67. The first kappa shape index (κ1) is 42.9. The van der Waals surface area contributed by atoms with Gasteiger partial charge in [-0.3, -0.25) is 44.3 Å². The second-order valence-corrected chi connectivity index (χ2v) is 11.0. The van der Waals surface area contributed by atoms with Gasteiger partial charge in [-0.25, -0.2) is 9.97 Å². The van der Waals surface area contributed by atoms with Crippen molar-refractivity contribution in [2.45, 2.75) is 40.5 Å². The van der Waals surface area contributed by atoms with Gasteiger partial charge in [0, 0.05) is 59.9 Å². The van der Waals surface area contributed by atoms with Gasteiger partial charge in [-0.05, 0) is 75.7 Å². The molecule has 2 heterocycles. The maximum absolute atomic E-state index is 12.9. The van der Waals surface area contributed by atoms with Gasteiger partial charge in [0.05, 0.1) is 35.9 Å². The number of nitro benzene ring substituents is 2. The van der Waals surface area contributed by atoms with Crippen LogP contribution in [-0.4, -0.2) is 69.2 Å². The molecule has 17 heteroatoms. The molecule has 2 aromatic heterocycles. The highest BCUT2D eigenvalue weighted by Crippen LogP contribution is 2.23. The van der Waals surface area contributed by atoms with Crippen molar-refractivity contribution in [2.75, 3.05) is 36.5 Å². The minimum absolute atomic E-state index is 0.00981. The van der Waals surface area contributed by atoms with E-state index in [9.17, 15) is 39.4 Å². The summed E-state index contributed by atoms with van der Waals surface area (Å²) in [4.78, 5) is 76.2. The third-order valence-electron chi connectivity index (χ3n) is 6.91. The number of aryl methyl sites for hydroxylation is 2. The maximum Gasteiger partial charge on any atom is 0.307 e. The molecule has 4 aromatic rings. The van der Waals surface area contributed by atoms with E-state index in [2.05, 4.69) is 15.3 Å². The van der Waals surface area contributed by atoms with Gasteiger partial charge in [0.25, 0.3) is 22.5 Å². The number of hydrogen-bond acceptors (Lipinski definition) is 13. The second kappa shape index (κ2) is 22.5. The Labute approximate surface area is 310 Å². The smallest absolute Gasteiger partial charge is 0.307 e. The summed E-state index contributed by atoms with van der Waals surface area (Å²) >= 11 is 5.17. The van der Waals surface area contributed by atoms with Crippen LogP contribution in [0.5, 0.6) is 0 Å². The molecule has 0 bridgehead atoms. The van der Waals surface area contributed by atoms with E-state index in [1.807, 2.05) is 18.2 Å². The predicted molar refractivity (Wildman–Crippen MR) is 197 cm³/mol. The third kappa shape index (κ3) is 14.8. The van der Waals surface area contributed by atoms with Crippen molar-refractivity contribution in [1.82, 2.24) is 9.97 Å². The summed E-state index contributed by atoms with van der Waals surface area (Å²) in [7, 11) is 0. The number of amides is 1. The summed E-state index contributed by atoms with van der Waals surface area (Å²) in [6, 6.07) is 19.0. The minimum atomic E-state index is -0.692. The summed E-state index contributed by atoms with van der Waals surface area (Å²) in [6.07, 6.45) is 3.58. The molecular formula is C36H39ClN6O10. The average molecular weight is 751 g/mol. The average Bonchev–Trinajstić information content (AvgIpc) is 3.13. The van der Waals surface area contributed by atoms with Crippen LogP contribution in [0.25, 0.3) is 0 Å². The molecule has 0 unspecified atom stereocenters. The molecule has 0 aliphatic heterocycles. The van der Waals surface area contributed by atoms with E-state index in [4.69, 9.17) is 21.1 Å². The second-order valence-electron chi connectivity index (χ2n) is 10.7. The molecule has 0 spiro atoms. The first-order valence-corrected chi connectivity index (χ1v) is 16.6. The Bertz CT molecular complexity index is 1860. The number of rotatable bonds is 14. The Morgan fingerprint density at radius 1 is 0.755 bits per heavy atom. The number of hydrogen-bond donors (Lipinski definition) is 1. The van der Waals surface area contributed by atoms with Crippen LogP contribution in [0, 0.1) is 34.1 Å². The van der Waals surface area contributed by atoms with Gasteiger partial charge in [0.1, 0.15) is 11.6 Å². The number of pyridine rings is 2. The number of nitrogens with one attached hydrogen (secondary N) is 1. The molecule has 0 radical (unpaired) electrons. The predicted octanol–water partition coefficient (Wildman–Crippen LogP) is 6.63. The van der Waals surface area contributed by atoms with Crippen molar-refractivity contribution in [2.24, 2.45) is 0 Å². The standard InChI is InChI=1S/C18H19N3O5.C10H14N2O2.C8H6ClNO3/c1-3-26-17(22)9-11-20(16-6-4-5-10-19-16)18(23)14-8-7-13(2)15(12-14)21(24)25;1-2-14-10(13)6-8-12-9-5-3-4-7-11-9;1-5-2-3-6(8(9)11)4-7(5)10(12)13/h4-8,10,12H,3,9,11H2,1-2H3;3-5,7H,2,6,8H2,1H3,(H,11,12);2-4H,1H3. The fraction of sp³-hybridized carbons (Fsp3) is 0.278. The number of benzene rings is 2. The lowest BCUT2D eigenvalue weighted by Gasteiger charge is -2.21. The summed E-state index contributed by atoms with van der Waals surface area (Å²) in [5, 5.41) is 23.9. The van der Waals surface area contributed by atoms with E-state index >= 15 is 0 Å². The Morgan fingerprint density at radius 2 is 1.28 bits per heavy atom. The van der Waals surface area contributed by atoms with E-state index < -0.39 is 27.0 Å². The first-order valence-electron chi connectivity index (χ1n) is 16.2. The molecule has 0 fully saturated rings. The van der Waals surface area contributed by atoms with Gasteiger partial charge >= 0.3 is 11.9 Å². The monoisotopic (exact) mass is 750 g/mol. The Balaban J connectivity index is 0.000000303. The van der Waals surface area contributed by atoms with Crippen LogP contribution in [0.1, 0.15) is 58.5 Å². The maximum atomic E-state index is 12.9. The number of anilines is 2. The Morgan fingerprint density at radius 3 is 1.77 bits per heavy atom. The number of ether oxygens (including phenoxy) is 2. The normalized spacial score (nSPS) is 9.91. The SMILES string of the molecule is CCOC(=O)CCN(C(=O)c1ccc(C)c([N+](=O)[O-])c1)c1ccccn1.CCOC(=O)CCNc1ccccn1.Cc1ccc(C(=O)Cl)cc1[N+](=O)[O-]. The van der Waals surface area contributed by atoms with Crippen molar-refractivity contribution >= 4 is 57.7 Å². The van der Waals surface area contributed by atoms with Crippen LogP contribution in [0.3, 0.4) is 0 Å². The molecule has 0 aliphatic carbocycles. The quantitative estimate of drug-likeness (QED) is 0.0621. The van der Waals surface area contributed by atoms with Crippen LogP contribution in [-0.2, 0) is 19.1 Å². The van der Waals surface area contributed by atoms with E-state index in [1.54, 1.807) is 52.1 Å². The van der Waals surface area contributed by atoms with Crippen LogP contribution >= 0.6 is 11.6 Å². The van der Waals surface area contributed by atoms with Crippen LogP contribution in [0.15, 0.2) is 85.2 Å². The van der Waals surface area contributed by atoms with Crippen molar-refractivity contribution in [1.29, 1.82) is 0 Å². The molecule has 16 nitrogen and oxygen atoms in total. The molecule has 0 atom stereocenters. The number of nitro groups is 2. The Kier molecular flexibility index (Phi) is 18.2. The van der Waals surface area contributed by atoms with E-state index in [1.165, 1.54) is 47.5 Å². The Hall–Kier alpha value is -6.29. The molecule has 2 aromatic carbocycles. The van der Waals surface area contributed by atoms with Gasteiger partial charge in [-0.15, -0.1) is 0 Å². The largest absolute Gasteiger partial charge is 0.466 e. The van der Waals surface area contributed by atoms with Crippen LogP contribution in [0.4, 0.5) is 23.0 Å². The number of carbonyl (C=O) groups excluding carboxylic acids is 4. The molecule has 0 saturated heterocycles. The molecule has 280 valence electrons. The van der Waals surface area contributed by atoms with E-state index in [0.29, 0.717) is 36.5 Å². The summed E-state index contributed by atoms with van der Waals surface area (Å²) < 4.78 is 9.67. The number of esters is 2. The third-order valence-corrected chi connectivity index (χ3v) is 7.13. The zero-order chi connectivity index (χ0) is 39.3. The molecule has 1 amide bonds. The molecule has 53 heavy (non-hydrogen) atoms. The number of nitrogens with zero attached hydrogens (tertiary/aromatic N) is 5. The number of halogens is 1. The lowest BCUT2D eigenvalue weighted by Crippen LogP contribution is -2.34. The zero-order valence-electron chi connectivity index (χ0n) is 29.5. The van der Waals surface area contributed by atoms with Crippen molar-refractivity contribution in [3.63, 3.8) is 0 Å². The van der Waals surface area contributed by atoms with E-state index in [-0.39, 0.29) is 48.0 Å². The van der Waals surface area contributed by atoms with Gasteiger partial charge in [-0.2, -0.15) is 0 Å². The molecular weight excluding hydrogens is 712 g/mol. The van der Waals surface area contributed by atoms with Crippen LogP contribution < -0.4 is 10.2 Å². The lowest BCUT2D eigenvalue weighted by atomic mass is 10.1. The highest BCUT2D eigenvalue weighted by Gasteiger charge is 2.23. The fourth-order valence-corrected chi connectivity index (χ4v) is 4.40. The highest BCUT2D eigenvalue weighted by atomic mass is 35.5. The van der Waals surface area contributed by atoms with Crippen molar-refractivity contribution in [3.8, 4) is 0 Å². The van der Waals surface area contributed by atoms with E-state index in [0.717, 1.165) is 5.82 Å². The van der Waals surface area contributed by atoms with Crippen molar-refractivity contribution < 1.29 is 38.5 Å².